The van der Waals surface area contributed by atoms with Crippen LogP contribution in [0.15, 0.2) is 84.0 Å². The van der Waals surface area contributed by atoms with Gasteiger partial charge in [0.25, 0.3) is 5.91 Å². The standard InChI is InChI=1S/C26H24N4O2/c1-32-29-21-15-22(16-25-27-23-9-5-6-10-24(23)28-25)30(17-21)26(31)20-13-11-19(12-14-20)18-7-3-2-4-8-18/h2-14,22H,15-17H2,1H3,(H,27,28)/b29-21-. The molecule has 6 nitrogen and oxygen atoms in total. The Morgan fingerprint density at radius 2 is 1.75 bits per heavy atom. The summed E-state index contributed by atoms with van der Waals surface area (Å²) in [6, 6.07) is 25.9. The predicted molar refractivity (Wildman–Crippen MR) is 126 cm³/mol. The Balaban J connectivity index is 1.39. The van der Waals surface area contributed by atoms with Gasteiger partial charge in [-0.2, -0.15) is 0 Å². The zero-order chi connectivity index (χ0) is 21.9. The first-order valence-corrected chi connectivity index (χ1v) is 10.7. The fourth-order valence-electron chi connectivity index (χ4n) is 4.31. The van der Waals surface area contributed by atoms with E-state index in [4.69, 9.17) is 9.82 Å². The Kier molecular flexibility index (Phi) is 5.42. The fraction of sp³-hybridized carbons (Fsp3) is 0.192. The number of carbonyl (C=O) groups excluding carboxylic acids is 1. The van der Waals surface area contributed by atoms with Crippen molar-refractivity contribution in [3.63, 3.8) is 0 Å². The molecule has 0 aliphatic carbocycles. The number of amides is 1. The predicted octanol–water partition coefficient (Wildman–Crippen LogP) is 4.69. The molecule has 6 heteroatoms. The highest BCUT2D eigenvalue weighted by molar-refractivity contribution is 6.00. The van der Waals surface area contributed by atoms with Gasteiger partial charge in [-0.15, -0.1) is 0 Å². The molecule has 0 spiro atoms. The summed E-state index contributed by atoms with van der Waals surface area (Å²) in [4.78, 5) is 28.4. The average Bonchev–Trinajstić information content (AvgIpc) is 3.43. The third kappa shape index (κ3) is 3.99. The van der Waals surface area contributed by atoms with Crippen molar-refractivity contribution in [3.05, 3.63) is 90.3 Å². The minimum absolute atomic E-state index is 0.00738. The van der Waals surface area contributed by atoms with E-state index < -0.39 is 0 Å². The van der Waals surface area contributed by atoms with Crippen LogP contribution in [0.25, 0.3) is 22.2 Å². The van der Waals surface area contributed by atoms with Crippen LogP contribution in [0, 0.1) is 0 Å². The Hall–Kier alpha value is -3.93. The van der Waals surface area contributed by atoms with Crippen molar-refractivity contribution < 1.29 is 9.63 Å². The topological polar surface area (TPSA) is 70.6 Å². The number of hydrogen-bond donors (Lipinski definition) is 1. The number of carbonyl (C=O) groups is 1. The van der Waals surface area contributed by atoms with Gasteiger partial charge < -0.3 is 14.7 Å². The maximum atomic E-state index is 13.4. The lowest BCUT2D eigenvalue weighted by atomic mass is 10.0. The monoisotopic (exact) mass is 424 g/mol. The van der Waals surface area contributed by atoms with E-state index in [0.29, 0.717) is 24.9 Å². The fourth-order valence-corrected chi connectivity index (χ4v) is 4.31. The molecule has 0 saturated carbocycles. The average molecular weight is 425 g/mol. The van der Waals surface area contributed by atoms with Crippen molar-refractivity contribution in [1.29, 1.82) is 0 Å². The molecule has 32 heavy (non-hydrogen) atoms. The Morgan fingerprint density at radius 1 is 1.03 bits per heavy atom. The molecule has 1 amide bonds. The number of oxime groups is 1. The van der Waals surface area contributed by atoms with E-state index in [9.17, 15) is 4.79 Å². The largest absolute Gasteiger partial charge is 0.399 e. The summed E-state index contributed by atoms with van der Waals surface area (Å²) < 4.78 is 0. The van der Waals surface area contributed by atoms with Crippen LogP contribution >= 0.6 is 0 Å². The molecule has 0 radical (unpaired) electrons. The van der Waals surface area contributed by atoms with Crippen LogP contribution in [0.3, 0.4) is 0 Å². The van der Waals surface area contributed by atoms with Crippen LogP contribution in [-0.4, -0.2) is 46.2 Å². The number of H-pyrrole nitrogens is 1. The van der Waals surface area contributed by atoms with E-state index in [1.54, 1.807) is 0 Å². The molecule has 1 aliphatic heterocycles. The van der Waals surface area contributed by atoms with Gasteiger partial charge in [0, 0.05) is 24.4 Å². The summed E-state index contributed by atoms with van der Waals surface area (Å²) in [6.45, 7) is 0.456. The van der Waals surface area contributed by atoms with Crippen molar-refractivity contribution in [2.45, 2.75) is 18.9 Å². The lowest BCUT2D eigenvalue weighted by molar-refractivity contribution is 0.0739. The second-order valence-electron chi connectivity index (χ2n) is 7.98. The van der Waals surface area contributed by atoms with Crippen LogP contribution in [-0.2, 0) is 11.3 Å². The number of aromatic amines is 1. The van der Waals surface area contributed by atoms with Gasteiger partial charge >= 0.3 is 0 Å². The maximum Gasteiger partial charge on any atom is 0.254 e. The Bertz CT molecular complexity index is 1230. The molecule has 3 aromatic carbocycles. The van der Waals surface area contributed by atoms with E-state index in [2.05, 4.69) is 22.3 Å². The molecule has 1 fully saturated rings. The number of rotatable bonds is 5. The summed E-state index contributed by atoms with van der Waals surface area (Å²) in [5.41, 5.74) is 5.68. The molecule has 160 valence electrons. The Morgan fingerprint density at radius 3 is 2.50 bits per heavy atom. The molecule has 1 unspecified atom stereocenters. The quantitative estimate of drug-likeness (QED) is 0.473. The molecular formula is C26H24N4O2. The number of fused-ring (bicyclic) bond motifs is 1. The van der Waals surface area contributed by atoms with Gasteiger partial charge in [-0.25, -0.2) is 4.98 Å². The van der Waals surface area contributed by atoms with Crippen LogP contribution in [0.2, 0.25) is 0 Å². The Labute approximate surface area is 186 Å². The van der Waals surface area contributed by atoms with Gasteiger partial charge in [-0.3, -0.25) is 4.79 Å². The summed E-state index contributed by atoms with van der Waals surface area (Å²) in [6.07, 6.45) is 1.30. The van der Waals surface area contributed by atoms with Gasteiger partial charge in [0.05, 0.1) is 23.3 Å². The van der Waals surface area contributed by atoms with Gasteiger partial charge in [0.1, 0.15) is 12.9 Å². The van der Waals surface area contributed by atoms with Crippen LogP contribution in [0.5, 0.6) is 0 Å². The van der Waals surface area contributed by atoms with Crippen molar-refractivity contribution in [2.75, 3.05) is 13.7 Å². The minimum Gasteiger partial charge on any atom is -0.399 e. The number of benzene rings is 3. The summed E-state index contributed by atoms with van der Waals surface area (Å²) in [7, 11) is 1.54. The first kappa shape index (κ1) is 20.0. The third-order valence-electron chi connectivity index (χ3n) is 5.85. The van der Waals surface area contributed by atoms with Gasteiger partial charge in [-0.05, 0) is 35.4 Å². The molecule has 2 heterocycles. The number of nitrogens with one attached hydrogen (secondary N) is 1. The normalized spacial score (nSPS) is 17.2. The van der Waals surface area contributed by atoms with E-state index in [1.165, 1.54) is 7.11 Å². The van der Waals surface area contributed by atoms with Crippen molar-refractivity contribution in [1.82, 2.24) is 14.9 Å². The highest BCUT2D eigenvalue weighted by atomic mass is 16.6. The smallest absolute Gasteiger partial charge is 0.254 e. The van der Waals surface area contributed by atoms with Gasteiger partial charge in [0.2, 0.25) is 0 Å². The molecule has 4 aromatic rings. The second-order valence-corrected chi connectivity index (χ2v) is 7.98. The minimum atomic E-state index is -0.0363. The van der Waals surface area contributed by atoms with Gasteiger partial charge in [0.15, 0.2) is 0 Å². The molecule has 1 saturated heterocycles. The molecule has 1 aromatic heterocycles. The SMILES string of the molecule is CO/N=C1/CC(Cc2nc3ccccc3[nH]2)N(C(=O)c2ccc(-c3ccccc3)cc2)C1. The molecular weight excluding hydrogens is 400 g/mol. The number of imidazole rings is 1. The number of para-hydroxylation sites is 2. The first-order chi connectivity index (χ1) is 15.7. The van der Waals surface area contributed by atoms with E-state index in [1.807, 2.05) is 71.6 Å². The lowest BCUT2D eigenvalue weighted by Gasteiger charge is -2.23. The summed E-state index contributed by atoms with van der Waals surface area (Å²) in [5.74, 6) is 0.860. The first-order valence-electron chi connectivity index (χ1n) is 10.7. The number of hydrogen-bond acceptors (Lipinski definition) is 4. The van der Waals surface area contributed by atoms with Crippen LogP contribution in [0.4, 0.5) is 0 Å². The van der Waals surface area contributed by atoms with E-state index in [-0.39, 0.29) is 11.9 Å². The summed E-state index contributed by atoms with van der Waals surface area (Å²) in [5, 5.41) is 4.13. The molecule has 5 rings (SSSR count). The number of likely N-dealkylation sites (tertiary alicyclic amines) is 1. The van der Waals surface area contributed by atoms with E-state index in [0.717, 1.165) is 33.7 Å². The van der Waals surface area contributed by atoms with Crippen molar-refractivity contribution >= 4 is 22.7 Å². The summed E-state index contributed by atoms with van der Waals surface area (Å²) >= 11 is 0. The van der Waals surface area contributed by atoms with Crippen molar-refractivity contribution in [2.24, 2.45) is 5.16 Å². The third-order valence-corrected chi connectivity index (χ3v) is 5.85. The molecule has 0 bridgehead atoms. The van der Waals surface area contributed by atoms with Crippen LogP contribution < -0.4 is 0 Å². The zero-order valence-corrected chi connectivity index (χ0v) is 17.9. The molecule has 1 aliphatic rings. The van der Waals surface area contributed by atoms with Crippen LogP contribution in [0.1, 0.15) is 22.6 Å². The lowest BCUT2D eigenvalue weighted by Crippen LogP contribution is -2.37. The van der Waals surface area contributed by atoms with Gasteiger partial charge in [-0.1, -0.05) is 59.8 Å². The molecule has 1 atom stereocenters. The maximum absolute atomic E-state index is 13.4. The van der Waals surface area contributed by atoms with E-state index >= 15 is 0 Å². The number of nitrogens with zero attached hydrogens (tertiary/aromatic N) is 3. The zero-order valence-electron chi connectivity index (χ0n) is 17.9. The van der Waals surface area contributed by atoms with Crippen molar-refractivity contribution in [3.8, 4) is 11.1 Å². The number of aromatic nitrogens is 2. The highest BCUT2D eigenvalue weighted by Gasteiger charge is 2.34. The highest BCUT2D eigenvalue weighted by Crippen LogP contribution is 2.25. The second kappa shape index (κ2) is 8.67. The molecule has 1 N–H and O–H groups in total.